The monoisotopic (exact) mass is 602 g/mol. The molecule has 0 saturated carbocycles. The van der Waals surface area contributed by atoms with Gasteiger partial charge in [-0.3, -0.25) is 0 Å². The van der Waals surface area contributed by atoms with Gasteiger partial charge in [0.25, 0.3) is 0 Å². The van der Waals surface area contributed by atoms with Crippen molar-refractivity contribution in [1.29, 1.82) is 0 Å². The molecule has 1 aromatic heterocycles. The van der Waals surface area contributed by atoms with Crippen molar-refractivity contribution in [2.75, 3.05) is 4.90 Å². The van der Waals surface area contributed by atoms with E-state index in [4.69, 9.17) is 0 Å². The van der Waals surface area contributed by atoms with Crippen molar-refractivity contribution in [3.8, 4) is 27.9 Å². The largest absolute Gasteiger partial charge is 0.310 e. The second-order valence-corrected chi connectivity index (χ2v) is 13.0. The second kappa shape index (κ2) is 10.6. The number of nitrogens with zero attached hydrogens (tertiary/aromatic N) is 2. The van der Waals surface area contributed by atoms with Crippen molar-refractivity contribution in [2.24, 2.45) is 0 Å². The highest BCUT2D eigenvalue weighted by atomic mass is 15.1. The molecule has 2 nitrogen and oxygen atoms in total. The summed E-state index contributed by atoms with van der Waals surface area (Å²) in [6, 6.07) is 61.8. The van der Waals surface area contributed by atoms with Gasteiger partial charge in [-0.05, 0) is 100 Å². The smallest absolute Gasteiger partial charge is 0.0541 e. The summed E-state index contributed by atoms with van der Waals surface area (Å²) < 4.78 is 2.39. The Labute approximate surface area is 275 Å². The molecule has 0 atom stereocenters. The fraction of sp³-hybridized carbons (Fsp3) is 0.0667. The summed E-state index contributed by atoms with van der Waals surface area (Å²) in [5.41, 5.74) is 14.8. The van der Waals surface area contributed by atoms with Crippen molar-refractivity contribution in [3.05, 3.63) is 181 Å². The summed E-state index contributed by atoms with van der Waals surface area (Å²) >= 11 is 0. The van der Waals surface area contributed by atoms with Crippen molar-refractivity contribution >= 4 is 38.9 Å². The van der Waals surface area contributed by atoms with Crippen molar-refractivity contribution in [3.63, 3.8) is 0 Å². The standard InChI is InChI=1S/C45H34N2/c1-45(2)41-19-11-9-17-37(41)38-27-26-36(30-42(38)45)46(33-15-7-4-8-16-33)34-22-24-35(25-23-34)47-43-20-12-10-18-39(43)40-29-32(21-28-44(40)47)31-13-5-3-6-14-31/h3-30H,1-2H3. The Balaban J connectivity index is 1.16. The average Bonchev–Trinajstić information content (AvgIpc) is 3.58. The van der Waals surface area contributed by atoms with Crippen LogP contribution in [0.5, 0.6) is 0 Å². The predicted octanol–water partition coefficient (Wildman–Crippen LogP) is 12.2. The van der Waals surface area contributed by atoms with E-state index in [1.807, 2.05) is 0 Å². The van der Waals surface area contributed by atoms with Crippen molar-refractivity contribution < 1.29 is 0 Å². The first-order chi connectivity index (χ1) is 23.1. The molecule has 0 saturated heterocycles. The summed E-state index contributed by atoms with van der Waals surface area (Å²) in [7, 11) is 0. The van der Waals surface area contributed by atoms with Crippen LogP contribution >= 0.6 is 0 Å². The zero-order valence-electron chi connectivity index (χ0n) is 26.6. The maximum Gasteiger partial charge on any atom is 0.0541 e. The molecule has 0 unspecified atom stereocenters. The van der Waals surface area contributed by atoms with E-state index in [0.717, 1.165) is 22.7 Å². The van der Waals surface area contributed by atoms with Gasteiger partial charge in [-0.25, -0.2) is 0 Å². The van der Waals surface area contributed by atoms with Crippen LogP contribution in [0.1, 0.15) is 25.0 Å². The molecule has 2 heteroatoms. The lowest BCUT2D eigenvalue weighted by Gasteiger charge is -2.28. The van der Waals surface area contributed by atoms with Gasteiger partial charge in [0, 0.05) is 38.9 Å². The van der Waals surface area contributed by atoms with Gasteiger partial charge in [-0.15, -0.1) is 0 Å². The van der Waals surface area contributed by atoms with Crippen molar-refractivity contribution in [1.82, 2.24) is 4.57 Å². The lowest BCUT2D eigenvalue weighted by molar-refractivity contribution is 0.660. The minimum absolute atomic E-state index is 0.0644. The first-order valence-corrected chi connectivity index (χ1v) is 16.4. The highest BCUT2D eigenvalue weighted by Crippen LogP contribution is 2.50. The van der Waals surface area contributed by atoms with Gasteiger partial charge in [0.05, 0.1) is 11.0 Å². The summed E-state index contributed by atoms with van der Waals surface area (Å²) in [6.07, 6.45) is 0. The van der Waals surface area contributed by atoms with Crippen LogP contribution in [0.25, 0.3) is 49.7 Å². The highest BCUT2D eigenvalue weighted by molar-refractivity contribution is 6.10. The highest BCUT2D eigenvalue weighted by Gasteiger charge is 2.35. The van der Waals surface area contributed by atoms with Crippen LogP contribution in [0.4, 0.5) is 17.1 Å². The molecule has 1 aliphatic rings. The van der Waals surface area contributed by atoms with Crippen LogP contribution in [0.2, 0.25) is 0 Å². The Morgan fingerprint density at radius 3 is 1.85 bits per heavy atom. The quantitative estimate of drug-likeness (QED) is 0.190. The molecule has 0 bridgehead atoms. The van der Waals surface area contributed by atoms with E-state index in [-0.39, 0.29) is 5.41 Å². The number of aromatic nitrogens is 1. The number of fused-ring (bicyclic) bond motifs is 6. The summed E-state index contributed by atoms with van der Waals surface area (Å²) in [5, 5.41) is 2.52. The third kappa shape index (κ3) is 4.33. The third-order valence-corrected chi connectivity index (χ3v) is 9.99. The third-order valence-electron chi connectivity index (χ3n) is 9.99. The number of hydrogen-bond donors (Lipinski definition) is 0. The van der Waals surface area contributed by atoms with E-state index in [9.17, 15) is 0 Å². The van der Waals surface area contributed by atoms with E-state index in [1.54, 1.807) is 0 Å². The first kappa shape index (κ1) is 27.5. The Morgan fingerprint density at radius 2 is 1.04 bits per heavy atom. The van der Waals surface area contributed by atoms with Crippen LogP contribution in [-0.4, -0.2) is 4.57 Å². The molecule has 0 radical (unpaired) electrons. The Kier molecular flexibility index (Phi) is 6.20. The number of para-hydroxylation sites is 2. The Morgan fingerprint density at radius 1 is 0.426 bits per heavy atom. The minimum atomic E-state index is -0.0644. The predicted molar refractivity (Wildman–Crippen MR) is 198 cm³/mol. The van der Waals surface area contributed by atoms with Gasteiger partial charge >= 0.3 is 0 Å². The number of anilines is 3. The van der Waals surface area contributed by atoms with E-state index in [1.165, 1.54) is 55.2 Å². The maximum absolute atomic E-state index is 2.40. The number of benzene rings is 7. The fourth-order valence-corrected chi connectivity index (χ4v) is 7.67. The molecule has 9 rings (SSSR count). The van der Waals surface area contributed by atoms with E-state index < -0.39 is 0 Å². The molecule has 47 heavy (non-hydrogen) atoms. The maximum atomic E-state index is 2.40. The normalized spacial score (nSPS) is 13.1. The fourth-order valence-electron chi connectivity index (χ4n) is 7.67. The average molecular weight is 603 g/mol. The molecular formula is C45H34N2. The molecule has 7 aromatic carbocycles. The molecule has 0 aliphatic heterocycles. The number of hydrogen-bond acceptors (Lipinski definition) is 1. The first-order valence-electron chi connectivity index (χ1n) is 16.4. The molecule has 224 valence electrons. The van der Waals surface area contributed by atoms with Crippen LogP contribution in [0.15, 0.2) is 170 Å². The molecule has 0 fully saturated rings. The van der Waals surface area contributed by atoms with Crippen LogP contribution in [0, 0.1) is 0 Å². The zero-order valence-corrected chi connectivity index (χ0v) is 26.6. The molecular weight excluding hydrogens is 569 g/mol. The molecule has 8 aromatic rings. The Bertz CT molecular complexity index is 2420. The topological polar surface area (TPSA) is 8.17 Å². The van der Waals surface area contributed by atoms with Gasteiger partial charge < -0.3 is 9.47 Å². The summed E-state index contributed by atoms with van der Waals surface area (Å²) in [4.78, 5) is 2.38. The summed E-state index contributed by atoms with van der Waals surface area (Å²) in [6.45, 7) is 4.69. The molecule has 0 N–H and O–H groups in total. The molecule has 0 spiro atoms. The minimum Gasteiger partial charge on any atom is -0.310 e. The van der Waals surface area contributed by atoms with E-state index >= 15 is 0 Å². The molecule has 1 heterocycles. The van der Waals surface area contributed by atoms with E-state index in [2.05, 4.69) is 193 Å². The van der Waals surface area contributed by atoms with Crippen LogP contribution in [-0.2, 0) is 5.41 Å². The zero-order chi connectivity index (χ0) is 31.5. The SMILES string of the molecule is CC1(C)c2ccccc2-c2ccc(N(c3ccccc3)c3ccc(-n4c5ccccc5c5cc(-c6ccccc6)ccc54)cc3)cc21. The van der Waals surface area contributed by atoms with Crippen molar-refractivity contribution in [2.45, 2.75) is 19.3 Å². The van der Waals surface area contributed by atoms with E-state index in [0.29, 0.717) is 0 Å². The van der Waals surface area contributed by atoms with Gasteiger partial charge in [0.1, 0.15) is 0 Å². The number of rotatable bonds is 5. The lowest BCUT2D eigenvalue weighted by Crippen LogP contribution is -2.16. The molecule has 0 amide bonds. The molecule has 1 aliphatic carbocycles. The Hall–Kier alpha value is -5.86. The van der Waals surface area contributed by atoms with Gasteiger partial charge in [-0.1, -0.05) is 117 Å². The second-order valence-electron chi connectivity index (χ2n) is 13.0. The summed E-state index contributed by atoms with van der Waals surface area (Å²) in [5.74, 6) is 0. The van der Waals surface area contributed by atoms with Gasteiger partial charge in [0.2, 0.25) is 0 Å². The van der Waals surface area contributed by atoms with Gasteiger partial charge in [-0.2, -0.15) is 0 Å². The van der Waals surface area contributed by atoms with Gasteiger partial charge in [0.15, 0.2) is 0 Å². The van der Waals surface area contributed by atoms with Crippen LogP contribution < -0.4 is 4.90 Å². The van der Waals surface area contributed by atoms with Crippen LogP contribution in [0.3, 0.4) is 0 Å². The lowest BCUT2D eigenvalue weighted by atomic mass is 9.82.